The number of hydrogen-bond acceptors (Lipinski definition) is 2. The first-order chi connectivity index (χ1) is 7.90. The lowest BCUT2D eigenvalue weighted by molar-refractivity contribution is -0.174. The Morgan fingerprint density at radius 3 is 2.47 bits per heavy atom. The molecular formula is C12H22F3NO. The first kappa shape index (κ1) is 14.8. The Morgan fingerprint density at radius 1 is 1.35 bits per heavy atom. The molecule has 17 heavy (non-hydrogen) atoms. The maximum Gasteiger partial charge on any atom is 0.411 e. The quantitative estimate of drug-likeness (QED) is 0.671. The molecule has 5 heteroatoms. The van der Waals surface area contributed by atoms with Crippen LogP contribution in [0.1, 0.15) is 39.5 Å². The second-order valence-corrected chi connectivity index (χ2v) is 4.96. The summed E-state index contributed by atoms with van der Waals surface area (Å²) in [5, 5.41) is 3.41. The van der Waals surface area contributed by atoms with E-state index in [1.165, 1.54) is 0 Å². The van der Waals surface area contributed by atoms with E-state index in [-0.39, 0.29) is 12.0 Å². The van der Waals surface area contributed by atoms with Gasteiger partial charge in [0.25, 0.3) is 0 Å². The van der Waals surface area contributed by atoms with Crippen LogP contribution in [0.4, 0.5) is 13.2 Å². The van der Waals surface area contributed by atoms with Gasteiger partial charge in [0, 0.05) is 12.6 Å². The van der Waals surface area contributed by atoms with Gasteiger partial charge in [-0.15, -0.1) is 0 Å². The summed E-state index contributed by atoms with van der Waals surface area (Å²) < 4.78 is 40.3. The Morgan fingerprint density at radius 2 is 2.00 bits per heavy atom. The Balaban J connectivity index is 2.17. The third-order valence-electron chi connectivity index (χ3n) is 3.52. The minimum atomic E-state index is -4.21. The SMILES string of the molecule is CCCNC(C)C1(CCOCC(F)(F)F)CC1. The summed E-state index contributed by atoms with van der Waals surface area (Å²) in [4.78, 5) is 0. The van der Waals surface area contributed by atoms with Crippen molar-refractivity contribution in [3.63, 3.8) is 0 Å². The lowest BCUT2D eigenvalue weighted by Gasteiger charge is -2.24. The van der Waals surface area contributed by atoms with E-state index in [0.717, 1.165) is 32.2 Å². The Labute approximate surface area is 101 Å². The van der Waals surface area contributed by atoms with Crippen LogP contribution in [-0.2, 0) is 4.74 Å². The van der Waals surface area contributed by atoms with E-state index in [1.807, 2.05) is 0 Å². The molecule has 1 unspecified atom stereocenters. The van der Waals surface area contributed by atoms with Gasteiger partial charge in [0.1, 0.15) is 6.61 Å². The van der Waals surface area contributed by atoms with Gasteiger partial charge < -0.3 is 10.1 Å². The molecule has 0 saturated heterocycles. The molecule has 2 nitrogen and oxygen atoms in total. The summed E-state index contributed by atoms with van der Waals surface area (Å²) in [6.45, 7) is 4.27. The molecule has 1 N–H and O–H groups in total. The molecule has 1 atom stereocenters. The van der Waals surface area contributed by atoms with Crippen molar-refractivity contribution < 1.29 is 17.9 Å². The average molecular weight is 253 g/mol. The zero-order valence-corrected chi connectivity index (χ0v) is 10.6. The van der Waals surface area contributed by atoms with E-state index in [4.69, 9.17) is 0 Å². The van der Waals surface area contributed by atoms with Gasteiger partial charge in [-0.25, -0.2) is 0 Å². The molecule has 0 radical (unpaired) electrons. The van der Waals surface area contributed by atoms with Crippen LogP contribution in [-0.4, -0.2) is 32.0 Å². The third-order valence-corrected chi connectivity index (χ3v) is 3.52. The molecule has 1 aliphatic rings. The van der Waals surface area contributed by atoms with Crippen LogP contribution in [0.5, 0.6) is 0 Å². The Hall–Kier alpha value is -0.290. The standard InChI is InChI=1S/C12H22F3NO/c1-3-7-16-10(2)11(4-5-11)6-8-17-9-12(13,14)15/h10,16H,3-9H2,1-2H3. The zero-order valence-electron chi connectivity index (χ0n) is 10.6. The van der Waals surface area contributed by atoms with Crippen LogP contribution in [0.15, 0.2) is 0 Å². The van der Waals surface area contributed by atoms with Crippen molar-refractivity contribution in [1.82, 2.24) is 5.32 Å². The first-order valence-corrected chi connectivity index (χ1v) is 6.27. The Bertz CT molecular complexity index is 226. The summed E-state index contributed by atoms with van der Waals surface area (Å²) in [5.41, 5.74) is 0.181. The van der Waals surface area contributed by atoms with Crippen molar-refractivity contribution in [2.24, 2.45) is 5.41 Å². The molecule has 1 saturated carbocycles. The monoisotopic (exact) mass is 253 g/mol. The van der Waals surface area contributed by atoms with E-state index in [0.29, 0.717) is 6.04 Å². The largest absolute Gasteiger partial charge is 0.411 e. The molecule has 1 aliphatic carbocycles. The molecule has 1 fully saturated rings. The van der Waals surface area contributed by atoms with Crippen molar-refractivity contribution in [3.8, 4) is 0 Å². The van der Waals surface area contributed by atoms with Crippen molar-refractivity contribution in [2.75, 3.05) is 19.8 Å². The molecule has 0 aromatic heterocycles. The zero-order chi connectivity index (χ0) is 12.9. The van der Waals surface area contributed by atoms with Crippen LogP contribution < -0.4 is 5.32 Å². The highest BCUT2D eigenvalue weighted by atomic mass is 19.4. The van der Waals surface area contributed by atoms with Crippen molar-refractivity contribution >= 4 is 0 Å². The molecular weight excluding hydrogens is 231 g/mol. The normalized spacial score (nSPS) is 20.3. The second-order valence-electron chi connectivity index (χ2n) is 4.96. The smallest absolute Gasteiger partial charge is 0.372 e. The van der Waals surface area contributed by atoms with E-state index < -0.39 is 12.8 Å². The predicted molar refractivity (Wildman–Crippen MR) is 60.9 cm³/mol. The van der Waals surface area contributed by atoms with Gasteiger partial charge in [0.15, 0.2) is 0 Å². The van der Waals surface area contributed by atoms with Crippen molar-refractivity contribution in [1.29, 1.82) is 0 Å². The van der Waals surface area contributed by atoms with Crippen LogP contribution in [0, 0.1) is 5.41 Å². The van der Waals surface area contributed by atoms with Crippen molar-refractivity contribution in [3.05, 3.63) is 0 Å². The molecule has 0 aliphatic heterocycles. The summed E-state index contributed by atoms with van der Waals surface area (Å²) in [7, 11) is 0. The third kappa shape index (κ3) is 5.25. The van der Waals surface area contributed by atoms with Crippen LogP contribution in [0.2, 0.25) is 0 Å². The summed E-state index contributed by atoms with van der Waals surface area (Å²) in [6, 6.07) is 0.372. The van der Waals surface area contributed by atoms with Gasteiger partial charge in [-0.3, -0.25) is 0 Å². The minimum Gasteiger partial charge on any atom is -0.372 e. The molecule has 102 valence electrons. The van der Waals surface area contributed by atoms with Crippen LogP contribution in [0.25, 0.3) is 0 Å². The second kappa shape index (κ2) is 6.05. The molecule has 0 spiro atoms. The van der Waals surface area contributed by atoms with Gasteiger partial charge in [-0.1, -0.05) is 6.92 Å². The number of alkyl halides is 3. The molecule has 0 heterocycles. The number of nitrogens with one attached hydrogen (secondary N) is 1. The topological polar surface area (TPSA) is 21.3 Å². The summed E-state index contributed by atoms with van der Waals surface area (Å²) >= 11 is 0. The van der Waals surface area contributed by atoms with Crippen LogP contribution in [0.3, 0.4) is 0 Å². The fraction of sp³-hybridized carbons (Fsp3) is 1.00. The highest BCUT2D eigenvalue weighted by molar-refractivity contribution is 5.00. The Kier molecular flexibility index (Phi) is 5.25. The average Bonchev–Trinajstić information content (AvgIpc) is 3.01. The van der Waals surface area contributed by atoms with Gasteiger partial charge in [-0.05, 0) is 44.6 Å². The summed E-state index contributed by atoms with van der Waals surface area (Å²) in [6.07, 6.45) is -0.213. The fourth-order valence-electron chi connectivity index (χ4n) is 2.10. The van der Waals surface area contributed by atoms with E-state index >= 15 is 0 Å². The minimum absolute atomic E-state index is 0.181. The lowest BCUT2D eigenvalue weighted by atomic mass is 9.94. The highest BCUT2D eigenvalue weighted by Crippen LogP contribution is 2.51. The molecule has 1 rings (SSSR count). The lowest BCUT2D eigenvalue weighted by Crippen LogP contribution is -2.36. The molecule has 0 bridgehead atoms. The maximum absolute atomic E-state index is 11.9. The van der Waals surface area contributed by atoms with Gasteiger partial charge in [-0.2, -0.15) is 13.2 Å². The number of hydrogen-bond donors (Lipinski definition) is 1. The van der Waals surface area contributed by atoms with E-state index in [9.17, 15) is 13.2 Å². The number of ether oxygens (including phenoxy) is 1. The fourth-order valence-corrected chi connectivity index (χ4v) is 2.10. The summed E-state index contributed by atoms with van der Waals surface area (Å²) in [5.74, 6) is 0. The van der Waals surface area contributed by atoms with Gasteiger partial charge in [0.05, 0.1) is 0 Å². The van der Waals surface area contributed by atoms with E-state index in [2.05, 4.69) is 23.9 Å². The maximum atomic E-state index is 11.9. The molecule has 0 aromatic rings. The van der Waals surface area contributed by atoms with Crippen LogP contribution >= 0.6 is 0 Å². The molecule has 0 amide bonds. The predicted octanol–water partition coefficient (Wildman–Crippen LogP) is 3.12. The number of halogens is 3. The van der Waals surface area contributed by atoms with Crippen molar-refractivity contribution in [2.45, 2.75) is 51.7 Å². The van der Waals surface area contributed by atoms with Gasteiger partial charge in [0.2, 0.25) is 0 Å². The highest BCUT2D eigenvalue weighted by Gasteiger charge is 2.46. The number of rotatable bonds is 8. The van der Waals surface area contributed by atoms with Gasteiger partial charge >= 0.3 is 6.18 Å². The van der Waals surface area contributed by atoms with E-state index in [1.54, 1.807) is 0 Å². The molecule has 0 aromatic carbocycles. The first-order valence-electron chi connectivity index (χ1n) is 6.27.